The van der Waals surface area contributed by atoms with Gasteiger partial charge in [0.2, 0.25) is 5.91 Å². The number of carbonyl (C=O) groups excluding carboxylic acids is 1. The van der Waals surface area contributed by atoms with Gasteiger partial charge in [-0.1, -0.05) is 28.9 Å². The van der Waals surface area contributed by atoms with E-state index in [9.17, 15) is 9.00 Å². The molecule has 1 aromatic heterocycles. The molecule has 0 fully saturated rings. The van der Waals surface area contributed by atoms with Crippen molar-refractivity contribution in [3.8, 4) is 0 Å². The number of rotatable bonds is 6. The zero-order valence-electron chi connectivity index (χ0n) is 12.7. The van der Waals surface area contributed by atoms with Gasteiger partial charge in [0.1, 0.15) is 10.4 Å². The lowest BCUT2D eigenvalue weighted by atomic mass is 10.2. The van der Waals surface area contributed by atoms with Gasteiger partial charge in [-0.3, -0.25) is 4.79 Å². The molecule has 1 aromatic carbocycles. The monoisotopic (exact) mass is 356 g/mol. The van der Waals surface area contributed by atoms with E-state index in [1.807, 2.05) is 12.1 Å². The number of aromatic nitrogens is 3. The number of halogens is 1. The Labute approximate surface area is 141 Å². The number of nitrogens with one attached hydrogen (secondary N) is 1. The van der Waals surface area contributed by atoms with Gasteiger partial charge < -0.3 is 9.87 Å². The molecule has 0 bridgehead atoms. The van der Waals surface area contributed by atoms with Crippen molar-refractivity contribution >= 4 is 28.6 Å². The number of carbonyl (C=O) groups is 1. The maximum atomic E-state index is 11.9. The van der Waals surface area contributed by atoms with Crippen molar-refractivity contribution in [1.29, 1.82) is 0 Å². The van der Waals surface area contributed by atoms with Gasteiger partial charge in [0.25, 0.3) is 0 Å². The summed E-state index contributed by atoms with van der Waals surface area (Å²) in [5.74, 6) is -0.523. The average Bonchev–Trinajstić information content (AvgIpc) is 2.94. The Balaban J connectivity index is 1.93. The SMILES string of the molecule is CC(C)(C(=O)NCc1cn(Cc2ccc(Cl)cc2)nn1)S(=O)O. The first kappa shape index (κ1) is 17.6. The van der Waals surface area contributed by atoms with Crippen molar-refractivity contribution in [3.63, 3.8) is 0 Å². The molecule has 0 spiro atoms. The molecule has 1 atom stereocenters. The highest BCUT2D eigenvalue weighted by atomic mass is 35.5. The molecule has 1 heterocycles. The Morgan fingerprint density at radius 2 is 2.04 bits per heavy atom. The van der Waals surface area contributed by atoms with E-state index < -0.39 is 21.7 Å². The molecule has 2 N–H and O–H groups in total. The van der Waals surface area contributed by atoms with Crippen LogP contribution in [0.1, 0.15) is 25.1 Å². The Hall–Kier alpha value is -1.77. The summed E-state index contributed by atoms with van der Waals surface area (Å²) in [7, 11) is 0. The summed E-state index contributed by atoms with van der Waals surface area (Å²) in [5, 5.41) is 11.2. The smallest absolute Gasteiger partial charge is 0.241 e. The van der Waals surface area contributed by atoms with E-state index in [1.165, 1.54) is 13.8 Å². The maximum absolute atomic E-state index is 11.9. The molecule has 0 aliphatic carbocycles. The predicted molar refractivity (Wildman–Crippen MR) is 87.3 cm³/mol. The van der Waals surface area contributed by atoms with E-state index in [2.05, 4.69) is 15.6 Å². The molecule has 9 heteroatoms. The minimum atomic E-state index is -2.25. The number of hydrogen-bond acceptors (Lipinski definition) is 4. The molecule has 0 saturated heterocycles. The molecule has 7 nitrogen and oxygen atoms in total. The van der Waals surface area contributed by atoms with Crippen LogP contribution >= 0.6 is 11.6 Å². The van der Waals surface area contributed by atoms with Crippen molar-refractivity contribution < 1.29 is 13.6 Å². The quantitative estimate of drug-likeness (QED) is 0.766. The first-order valence-electron chi connectivity index (χ1n) is 6.82. The van der Waals surface area contributed by atoms with Gasteiger partial charge in [0, 0.05) is 5.02 Å². The largest absolute Gasteiger partial charge is 0.349 e. The molecule has 2 rings (SSSR count). The Morgan fingerprint density at radius 3 is 2.65 bits per heavy atom. The van der Waals surface area contributed by atoms with Crippen LogP contribution in [-0.2, 0) is 29.0 Å². The zero-order valence-corrected chi connectivity index (χ0v) is 14.3. The van der Waals surface area contributed by atoms with Gasteiger partial charge in [-0.05, 0) is 31.5 Å². The van der Waals surface area contributed by atoms with E-state index in [4.69, 9.17) is 16.2 Å². The highest BCUT2D eigenvalue weighted by Crippen LogP contribution is 2.12. The van der Waals surface area contributed by atoms with Crippen LogP contribution in [0, 0.1) is 0 Å². The van der Waals surface area contributed by atoms with Gasteiger partial charge >= 0.3 is 0 Å². The average molecular weight is 357 g/mol. The molecule has 124 valence electrons. The third kappa shape index (κ3) is 4.60. The summed E-state index contributed by atoms with van der Waals surface area (Å²) in [4.78, 5) is 11.9. The lowest BCUT2D eigenvalue weighted by molar-refractivity contribution is -0.123. The number of hydrogen-bond donors (Lipinski definition) is 2. The third-order valence-corrected chi connectivity index (χ3v) is 4.57. The summed E-state index contributed by atoms with van der Waals surface area (Å²) in [5.41, 5.74) is 1.58. The first-order valence-corrected chi connectivity index (χ1v) is 8.30. The fourth-order valence-corrected chi connectivity index (χ4v) is 2.09. The highest BCUT2D eigenvalue weighted by molar-refractivity contribution is 7.81. The van der Waals surface area contributed by atoms with Crippen LogP contribution in [0.3, 0.4) is 0 Å². The molecule has 1 amide bonds. The molecular formula is C14H17ClN4O3S. The van der Waals surface area contributed by atoms with E-state index in [0.717, 1.165) is 5.56 Å². The lowest BCUT2D eigenvalue weighted by Crippen LogP contribution is -2.44. The van der Waals surface area contributed by atoms with E-state index in [1.54, 1.807) is 23.0 Å². The maximum Gasteiger partial charge on any atom is 0.241 e. The molecule has 2 aromatic rings. The summed E-state index contributed by atoms with van der Waals surface area (Å²) in [6.07, 6.45) is 1.71. The van der Waals surface area contributed by atoms with Crippen molar-refractivity contribution in [1.82, 2.24) is 20.3 Å². The van der Waals surface area contributed by atoms with Gasteiger partial charge in [-0.15, -0.1) is 5.10 Å². The van der Waals surface area contributed by atoms with Gasteiger partial charge in [0.05, 0.1) is 19.3 Å². The minimum Gasteiger partial charge on any atom is -0.349 e. The topological polar surface area (TPSA) is 97.1 Å². The first-order chi connectivity index (χ1) is 10.8. The van der Waals surface area contributed by atoms with Crippen molar-refractivity contribution in [2.24, 2.45) is 0 Å². The van der Waals surface area contributed by atoms with E-state index in [-0.39, 0.29) is 6.54 Å². The molecule has 1 unspecified atom stereocenters. The molecule has 0 saturated carbocycles. The number of nitrogens with zero attached hydrogens (tertiary/aromatic N) is 3. The van der Waals surface area contributed by atoms with Crippen LogP contribution in [0.4, 0.5) is 0 Å². The second-order valence-electron chi connectivity index (χ2n) is 5.48. The molecule has 23 heavy (non-hydrogen) atoms. The highest BCUT2D eigenvalue weighted by Gasteiger charge is 2.33. The number of benzene rings is 1. The summed E-state index contributed by atoms with van der Waals surface area (Å²) < 4.78 is 20.5. The van der Waals surface area contributed by atoms with Crippen LogP contribution in [0.15, 0.2) is 30.5 Å². The Bertz CT molecular complexity index is 715. The zero-order chi connectivity index (χ0) is 17.0. The molecule has 0 aliphatic heterocycles. The Kier molecular flexibility index (Phi) is 5.51. The molecule has 0 aliphatic rings. The summed E-state index contributed by atoms with van der Waals surface area (Å²) >= 11 is 3.58. The predicted octanol–water partition coefficient (Wildman–Crippen LogP) is 1.60. The second kappa shape index (κ2) is 7.20. The minimum absolute atomic E-state index is 0.139. The normalized spacial score (nSPS) is 12.9. The fraction of sp³-hybridized carbons (Fsp3) is 0.357. The fourth-order valence-electron chi connectivity index (χ4n) is 1.74. The third-order valence-electron chi connectivity index (χ3n) is 3.26. The summed E-state index contributed by atoms with van der Waals surface area (Å²) in [6.45, 7) is 3.47. The van der Waals surface area contributed by atoms with Gasteiger partial charge in [-0.2, -0.15) is 0 Å². The van der Waals surface area contributed by atoms with Crippen LogP contribution in [0.25, 0.3) is 0 Å². The number of amides is 1. The van der Waals surface area contributed by atoms with E-state index in [0.29, 0.717) is 17.3 Å². The van der Waals surface area contributed by atoms with E-state index >= 15 is 0 Å². The van der Waals surface area contributed by atoms with Crippen LogP contribution in [0.2, 0.25) is 5.02 Å². The summed E-state index contributed by atoms with van der Waals surface area (Å²) in [6, 6.07) is 7.38. The van der Waals surface area contributed by atoms with Crippen LogP contribution < -0.4 is 5.32 Å². The van der Waals surface area contributed by atoms with Crippen molar-refractivity contribution in [2.45, 2.75) is 31.7 Å². The van der Waals surface area contributed by atoms with Crippen molar-refractivity contribution in [3.05, 3.63) is 46.7 Å². The molecular weight excluding hydrogens is 340 g/mol. The van der Waals surface area contributed by atoms with Gasteiger partial charge in [-0.25, -0.2) is 8.89 Å². The standard InChI is InChI=1S/C14H17ClN4O3S/c1-14(2,23(21)22)13(20)16-7-12-9-19(18-17-12)8-10-3-5-11(15)6-4-10/h3-6,9H,7-8H2,1-2H3,(H,16,20)(H,21,22). The lowest BCUT2D eigenvalue weighted by Gasteiger charge is -2.18. The van der Waals surface area contributed by atoms with Crippen molar-refractivity contribution in [2.75, 3.05) is 0 Å². The Morgan fingerprint density at radius 1 is 1.39 bits per heavy atom. The van der Waals surface area contributed by atoms with Crippen LogP contribution in [0.5, 0.6) is 0 Å². The molecule has 0 radical (unpaired) electrons. The van der Waals surface area contributed by atoms with Gasteiger partial charge in [0.15, 0.2) is 11.1 Å². The second-order valence-corrected chi connectivity index (χ2v) is 7.43. The van der Waals surface area contributed by atoms with Crippen LogP contribution in [-0.4, -0.2) is 34.4 Å².